The number of carboxylic acids is 1. The zero-order valence-electron chi connectivity index (χ0n) is 8.82. The number of carbonyl (C=O) groups is 2. The molecule has 86 valence electrons. The van der Waals surface area contributed by atoms with Crippen LogP contribution in [-0.2, 0) is 14.3 Å². The van der Waals surface area contributed by atoms with Gasteiger partial charge in [0.05, 0.1) is 25.3 Å². The van der Waals surface area contributed by atoms with E-state index < -0.39 is 23.5 Å². The summed E-state index contributed by atoms with van der Waals surface area (Å²) in [7, 11) is 0. The standard InChI is InChI=1S/C9H16N2O4/c1-5(10)7(12)11-6-3-15-4-9(6,2)8(13)14/h5-6H,3-4,10H2,1-2H3,(H,11,12)(H,13,14)/t5-,6?,9?/m1/s1. The SMILES string of the molecule is C[C@@H](N)C(=O)NC1COCC1(C)C(=O)O. The van der Waals surface area contributed by atoms with Crippen LogP contribution in [-0.4, -0.2) is 42.3 Å². The molecule has 0 aliphatic carbocycles. The largest absolute Gasteiger partial charge is 0.481 e. The summed E-state index contributed by atoms with van der Waals surface area (Å²) in [5, 5.41) is 11.6. The van der Waals surface area contributed by atoms with Gasteiger partial charge in [0.1, 0.15) is 5.41 Å². The number of nitrogens with one attached hydrogen (secondary N) is 1. The van der Waals surface area contributed by atoms with Crippen LogP contribution < -0.4 is 11.1 Å². The lowest BCUT2D eigenvalue weighted by atomic mass is 9.85. The molecule has 0 saturated carbocycles. The van der Waals surface area contributed by atoms with Crippen molar-refractivity contribution in [3.63, 3.8) is 0 Å². The third-order valence-electron chi connectivity index (χ3n) is 2.67. The minimum absolute atomic E-state index is 0.103. The zero-order chi connectivity index (χ0) is 11.6. The van der Waals surface area contributed by atoms with Crippen molar-refractivity contribution in [2.75, 3.05) is 13.2 Å². The van der Waals surface area contributed by atoms with Crippen molar-refractivity contribution in [3.05, 3.63) is 0 Å². The molecule has 6 nitrogen and oxygen atoms in total. The topological polar surface area (TPSA) is 102 Å². The molecule has 0 bridgehead atoms. The highest BCUT2D eigenvalue weighted by Gasteiger charge is 2.47. The van der Waals surface area contributed by atoms with Crippen LogP contribution in [0.2, 0.25) is 0 Å². The van der Waals surface area contributed by atoms with Gasteiger partial charge in [-0.25, -0.2) is 0 Å². The Kier molecular flexibility index (Phi) is 3.31. The number of hydrogen-bond donors (Lipinski definition) is 3. The Morgan fingerprint density at radius 3 is 2.73 bits per heavy atom. The molecular weight excluding hydrogens is 200 g/mol. The fourth-order valence-corrected chi connectivity index (χ4v) is 1.39. The summed E-state index contributed by atoms with van der Waals surface area (Å²) in [5.41, 5.74) is 4.31. The van der Waals surface area contributed by atoms with Crippen LogP contribution in [0.5, 0.6) is 0 Å². The van der Waals surface area contributed by atoms with Gasteiger partial charge in [-0.2, -0.15) is 0 Å². The van der Waals surface area contributed by atoms with Gasteiger partial charge in [-0.05, 0) is 13.8 Å². The Labute approximate surface area is 87.8 Å². The number of nitrogens with two attached hydrogens (primary N) is 1. The minimum Gasteiger partial charge on any atom is -0.481 e. The first-order valence-electron chi connectivity index (χ1n) is 4.75. The molecular formula is C9H16N2O4. The second kappa shape index (κ2) is 4.16. The van der Waals surface area contributed by atoms with E-state index in [1.165, 1.54) is 0 Å². The zero-order valence-corrected chi connectivity index (χ0v) is 8.82. The average Bonchev–Trinajstić information content (AvgIpc) is 2.49. The number of rotatable bonds is 3. The van der Waals surface area contributed by atoms with Crippen LogP contribution in [0.15, 0.2) is 0 Å². The molecule has 0 radical (unpaired) electrons. The summed E-state index contributed by atoms with van der Waals surface area (Å²) in [6, 6.07) is -1.17. The maximum Gasteiger partial charge on any atom is 0.313 e. The fourth-order valence-electron chi connectivity index (χ4n) is 1.39. The van der Waals surface area contributed by atoms with E-state index in [1.54, 1.807) is 13.8 Å². The van der Waals surface area contributed by atoms with Gasteiger partial charge in [-0.1, -0.05) is 0 Å². The molecule has 3 atom stereocenters. The van der Waals surface area contributed by atoms with Gasteiger partial charge >= 0.3 is 5.97 Å². The van der Waals surface area contributed by atoms with E-state index in [4.69, 9.17) is 15.6 Å². The van der Waals surface area contributed by atoms with Gasteiger partial charge in [0.25, 0.3) is 0 Å². The second-order valence-electron chi connectivity index (χ2n) is 4.09. The van der Waals surface area contributed by atoms with Gasteiger partial charge in [-0.15, -0.1) is 0 Å². The van der Waals surface area contributed by atoms with Crippen molar-refractivity contribution in [3.8, 4) is 0 Å². The van der Waals surface area contributed by atoms with Gasteiger partial charge in [0.15, 0.2) is 0 Å². The molecule has 1 aliphatic rings. The molecule has 1 fully saturated rings. The Hall–Kier alpha value is -1.14. The molecule has 0 aromatic rings. The molecule has 1 rings (SSSR count). The van der Waals surface area contributed by atoms with Crippen molar-refractivity contribution in [2.24, 2.45) is 11.1 Å². The maximum absolute atomic E-state index is 11.3. The van der Waals surface area contributed by atoms with Crippen LogP contribution in [0, 0.1) is 5.41 Å². The molecule has 4 N–H and O–H groups in total. The fraction of sp³-hybridized carbons (Fsp3) is 0.778. The first kappa shape index (κ1) is 11.9. The van der Waals surface area contributed by atoms with Crippen LogP contribution >= 0.6 is 0 Å². The quantitative estimate of drug-likeness (QED) is 0.558. The van der Waals surface area contributed by atoms with Crippen LogP contribution in [0.1, 0.15) is 13.8 Å². The minimum atomic E-state index is -1.06. The molecule has 0 aromatic heterocycles. The number of amides is 1. The Bertz CT molecular complexity index is 279. The lowest BCUT2D eigenvalue weighted by Gasteiger charge is -2.26. The normalized spacial score (nSPS) is 32.3. The highest BCUT2D eigenvalue weighted by Crippen LogP contribution is 2.28. The van der Waals surface area contributed by atoms with E-state index in [1.807, 2.05) is 0 Å². The molecule has 0 aromatic carbocycles. The molecule has 1 amide bonds. The number of carbonyl (C=O) groups excluding carboxylic acids is 1. The summed E-state index contributed by atoms with van der Waals surface area (Å²) in [4.78, 5) is 22.3. The van der Waals surface area contributed by atoms with Gasteiger partial charge in [-0.3, -0.25) is 9.59 Å². The summed E-state index contributed by atoms with van der Waals surface area (Å²) in [5.74, 6) is -1.34. The third-order valence-corrected chi connectivity index (χ3v) is 2.67. The van der Waals surface area contributed by atoms with E-state index in [0.29, 0.717) is 0 Å². The molecule has 1 saturated heterocycles. The molecule has 15 heavy (non-hydrogen) atoms. The van der Waals surface area contributed by atoms with Crippen LogP contribution in [0.4, 0.5) is 0 Å². The number of aliphatic carboxylic acids is 1. The summed E-state index contributed by atoms with van der Waals surface area (Å²) >= 11 is 0. The van der Waals surface area contributed by atoms with Crippen molar-refractivity contribution in [2.45, 2.75) is 25.9 Å². The smallest absolute Gasteiger partial charge is 0.313 e. The van der Waals surface area contributed by atoms with Crippen molar-refractivity contribution < 1.29 is 19.4 Å². The Morgan fingerprint density at radius 2 is 2.27 bits per heavy atom. The van der Waals surface area contributed by atoms with Crippen LogP contribution in [0.3, 0.4) is 0 Å². The summed E-state index contributed by atoms with van der Waals surface area (Å²) < 4.78 is 5.08. The molecule has 1 aliphatic heterocycles. The van der Waals surface area contributed by atoms with E-state index in [2.05, 4.69) is 5.32 Å². The van der Waals surface area contributed by atoms with Crippen molar-refractivity contribution in [1.29, 1.82) is 0 Å². The highest BCUT2D eigenvalue weighted by atomic mass is 16.5. The van der Waals surface area contributed by atoms with Gasteiger partial charge < -0.3 is 20.9 Å². The third kappa shape index (κ3) is 2.27. The second-order valence-corrected chi connectivity index (χ2v) is 4.09. The number of hydrogen-bond acceptors (Lipinski definition) is 4. The van der Waals surface area contributed by atoms with E-state index >= 15 is 0 Å². The molecule has 2 unspecified atom stereocenters. The average molecular weight is 216 g/mol. The van der Waals surface area contributed by atoms with Crippen LogP contribution in [0.25, 0.3) is 0 Å². The molecule has 1 heterocycles. The van der Waals surface area contributed by atoms with Crippen molar-refractivity contribution in [1.82, 2.24) is 5.32 Å². The Morgan fingerprint density at radius 1 is 1.67 bits per heavy atom. The van der Waals surface area contributed by atoms with Gasteiger partial charge in [0.2, 0.25) is 5.91 Å². The van der Waals surface area contributed by atoms with E-state index in [9.17, 15) is 9.59 Å². The highest BCUT2D eigenvalue weighted by molar-refractivity contribution is 5.83. The molecule has 0 spiro atoms. The summed E-state index contributed by atoms with van der Waals surface area (Å²) in [6.45, 7) is 3.41. The predicted molar refractivity (Wildman–Crippen MR) is 52.1 cm³/mol. The summed E-state index contributed by atoms with van der Waals surface area (Å²) in [6.07, 6.45) is 0. The first-order valence-corrected chi connectivity index (χ1v) is 4.75. The van der Waals surface area contributed by atoms with E-state index in [0.717, 1.165) is 0 Å². The lowest BCUT2D eigenvalue weighted by molar-refractivity contribution is -0.149. The maximum atomic E-state index is 11.3. The number of ether oxygens (including phenoxy) is 1. The monoisotopic (exact) mass is 216 g/mol. The predicted octanol–water partition coefficient (Wildman–Crippen LogP) is -1.06. The van der Waals surface area contributed by atoms with Crippen molar-refractivity contribution >= 4 is 11.9 Å². The first-order chi connectivity index (χ1) is 6.88. The molecule has 6 heteroatoms. The Balaban J connectivity index is 2.70. The van der Waals surface area contributed by atoms with Gasteiger partial charge in [0, 0.05) is 0 Å². The van der Waals surface area contributed by atoms with E-state index in [-0.39, 0.29) is 19.1 Å². The number of carboxylic acid groups (broad SMARTS) is 1. The lowest BCUT2D eigenvalue weighted by Crippen LogP contribution is -2.53.